The number of benzene rings is 1. The van der Waals surface area contributed by atoms with Gasteiger partial charge in [0.2, 0.25) is 0 Å². The quantitative estimate of drug-likeness (QED) is 0.805. The number of carbonyl (C=O) groups excluding carboxylic acids is 1. The molecule has 1 saturated heterocycles. The minimum Gasteiger partial charge on any atom is -0.351 e. The fourth-order valence-electron chi connectivity index (χ4n) is 2.98. The molecule has 2 aromatic rings. The molecule has 2 heterocycles. The van der Waals surface area contributed by atoms with Crippen LogP contribution in [0.1, 0.15) is 15.9 Å². The van der Waals surface area contributed by atoms with Gasteiger partial charge in [-0.1, -0.05) is 30.3 Å². The topological polar surface area (TPSA) is 48.5 Å². The lowest BCUT2D eigenvalue weighted by Gasteiger charge is -2.34. The van der Waals surface area contributed by atoms with Gasteiger partial charge in [-0.2, -0.15) is 0 Å². The SMILES string of the molecule is O=C(NCCN1CCN(Cc2ccccc2)CC1)c1cncc(Br)c1. The molecule has 1 aliphatic rings. The Bertz CT molecular complexity index is 687. The Kier molecular flexibility index (Phi) is 6.55. The lowest BCUT2D eigenvalue weighted by atomic mass is 10.2. The zero-order chi connectivity index (χ0) is 17.5. The maximum Gasteiger partial charge on any atom is 0.252 e. The molecule has 132 valence electrons. The number of aromatic nitrogens is 1. The van der Waals surface area contributed by atoms with Crippen LogP contribution < -0.4 is 5.32 Å². The van der Waals surface area contributed by atoms with E-state index in [4.69, 9.17) is 0 Å². The van der Waals surface area contributed by atoms with Crippen LogP contribution in [-0.4, -0.2) is 60.0 Å². The van der Waals surface area contributed by atoms with Crippen LogP contribution in [0.4, 0.5) is 0 Å². The van der Waals surface area contributed by atoms with Crippen molar-refractivity contribution >= 4 is 21.8 Å². The van der Waals surface area contributed by atoms with E-state index in [0.717, 1.165) is 43.7 Å². The summed E-state index contributed by atoms with van der Waals surface area (Å²) in [7, 11) is 0. The number of hydrogen-bond donors (Lipinski definition) is 1. The van der Waals surface area contributed by atoms with Crippen molar-refractivity contribution in [1.29, 1.82) is 0 Å². The van der Waals surface area contributed by atoms with Crippen molar-refractivity contribution in [2.75, 3.05) is 39.3 Å². The molecule has 1 aromatic carbocycles. The van der Waals surface area contributed by atoms with Gasteiger partial charge < -0.3 is 5.32 Å². The van der Waals surface area contributed by atoms with Crippen molar-refractivity contribution in [2.45, 2.75) is 6.54 Å². The molecule has 1 aromatic heterocycles. The van der Waals surface area contributed by atoms with Crippen LogP contribution in [-0.2, 0) is 6.54 Å². The van der Waals surface area contributed by atoms with E-state index >= 15 is 0 Å². The molecule has 0 radical (unpaired) electrons. The Morgan fingerprint density at radius 1 is 1.08 bits per heavy atom. The Morgan fingerprint density at radius 3 is 2.52 bits per heavy atom. The molecular weight excluding hydrogens is 380 g/mol. The van der Waals surface area contributed by atoms with Gasteiger partial charge in [-0.15, -0.1) is 0 Å². The normalized spacial score (nSPS) is 15.9. The Morgan fingerprint density at radius 2 is 1.80 bits per heavy atom. The highest BCUT2D eigenvalue weighted by atomic mass is 79.9. The number of amides is 1. The number of halogens is 1. The van der Waals surface area contributed by atoms with Crippen LogP contribution in [0.5, 0.6) is 0 Å². The number of piperazine rings is 1. The summed E-state index contributed by atoms with van der Waals surface area (Å²) in [6, 6.07) is 12.4. The summed E-state index contributed by atoms with van der Waals surface area (Å²) in [5, 5.41) is 2.97. The molecule has 0 unspecified atom stereocenters. The van der Waals surface area contributed by atoms with Crippen molar-refractivity contribution in [3.05, 3.63) is 64.4 Å². The van der Waals surface area contributed by atoms with Crippen molar-refractivity contribution < 1.29 is 4.79 Å². The Balaban J connectivity index is 1.36. The first-order valence-electron chi connectivity index (χ1n) is 8.58. The highest BCUT2D eigenvalue weighted by Crippen LogP contribution is 2.10. The standard InChI is InChI=1S/C19H23BrN4O/c20-18-12-17(13-21-14-18)19(25)22-6-7-23-8-10-24(11-9-23)15-16-4-2-1-3-5-16/h1-5,12-14H,6-11,15H2,(H,22,25). The molecule has 5 nitrogen and oxygen atoms in total. The van der Waals surface area contributed by atoms with Gasteiger partial charge in [0.05, 0.1) is 5.56 Å². The molecule has 6 heteroatoms. The van der Waals surface area contributed by atoms with Crippen molar-refractivity contribution in [2.24, 2.45) is 0 Å². The number of nitrogens with one attached hydrogen (secondary N) is 1. The van der Waals surface area contributed by atoms with Gasteiger partial charge in [0.25, 0.3) is 5.91 Å². The fourth-order valence-corrected chi connectivity index (χ4v) is 3.34. The summed E-state index contributed by atoms with van der Waals surface area (Å²) in [5.41, 5.74) is 1.95. The van der Waals surface area contributed by atoms with Gasteiger partial charge in [-0.05, 0) is 27.6 Å². The second-order valence-corrected chi connectivity index (χ2v) is 7.17. The predicted octanol–water partition coefficient (Wildman–Crippen LogP) is 2.39. The summed E-state index contributed by atoms with van der Waals surface area (Å²) in [4.78, 5) is 21.0. The second-order valence-electron chi connectivity index (χ2n) is 6.25. The van der Waals surface area contributed by atoms with Crippen LogP contribution in [0.25, 0.3) is 0 Å². The van der Waals surface area contributed by atoms with E-state index in [1.165, 1.54) is 5.56 Å². The molecule has 25 heavy (non-hydrogen) atoms. The molecule has 0 atom stereocenters. The minimum atomic E-state index is -0.0727. The minimum absolute atomic E-state index is 0.0727. The van der Waals surface area contributed by atoms with Crippen molar-refractivity contribution in [1.82, 2.24) is 20.1 Å². The van der Waals surface area contributed by atoms with E-state index in [9.17, 15) is 4.79 Å². The lowest BCUT2D eigenvalue weighted by Crippen LogP contribution is -2.48. The van der Waals surface area contributed by atoms with E-state index in [-0.39, 0.29) is 5.91 Å². The van der Waals surface area contributed by atoms with E-state index in [1.807, 2.05) is 0 Å². The van der Waals surface area contributed by atoms with Gasteiger partial charge in [0, 0.05) is 62.7 Å². The molecule has 0 aliphatic carbocycles. The van der Waals surface area contributed by atoms with Gasteiger partial charge in [-0.25, -0.2) is 0 Å². The first-order chi connectivity index (χ1) is 12.2. The molecule has 1 N–H and O–H groups in total. The fraction of sp³-hybridized carbons (Fsp3) is 0.368. The van der Waals surface area contributed by atoms with Gasteiger partial charge in [0.1, 0.15) is 0 Å². The first kappa shape index (κ1) is 18.0. The van der Waals surface area contributed by atoms with Crippen LogP contribution in [0.15, 0.2) is 53.3 Å². The average molecular weight is 403 g/mol. The highest BCUT2D eigenvalue weighted by molar-refractivity contribution is 9.10. The number of carbonyl (C=O) groups is 1. The summed E-state index contributed by atoms with van der Waals surface area (Å²) >= 11 is 3.34. The van der Waals surface area contributed by atoms with Crippen LogP contribution in [0.3, 0.4) is 0 Å². The van der Waals surface area contributed by atoms with Gasteiger partial charge >= 0.3 is 0 Å². The van der Waals surface area contributed by atoms with Gasteiger partial charge in [-0.3, -0.25) is 19.6 Å². The summed E-state index contributed by atoms with van der Waals surface area (Å²) in [5.74, 6) is -0.0727. The maximum atomic E-state index is 12.1. The molecule has 3 rings (SSSR count). The van der Waals surface area contributed by atoms with Crippen LogP contribution in [0.2, 0.25) is 0 Å². The van der Waals surface area contributed by atoms with E-state index in [1.54, 1.807) is 18.5 Å². The lowest BCUT2D eigenvalue weighted by molar-refractivity contribution is 0.0933. The van der Waals surface area contributed by atoms with E-state index < -0.39 is 0 Å². The summed E-state index contributed by atoms with van der Waals surface area (Å²) in [6.45, 7) is 6.77. The summed E-state index contributed by atoms with van der Waals surface area (Å²) in [6.07, 6.45) is 3.26. The van der Waals surface area contributed by atoms with Crippen molar-refractivity contribution in [3.8, 4) is 0 Å². The predicted molar refractivity (Wildman–Crippen MR) is 102 cm³/mol. The van der Waals surface area contributed by atoms with Gasteiger partial charge in [0.15, 0.2) is 0 Å². The number of nitrogens with zero attached hydrogens (tertiary/aromatic N) is 3. The Hall–Kier alpha value is -1.76. The molecule has 0 bridgehead atoms. The highest BCUT2D eigenvalue weighted by Gasteiger charge is 2.16. The number of rotatable bonds is 6. The average Bonchev–Trinajstić information content (AvgIpc) is 2.64. The molecule has 0 saturated carbocycles. The third kappa shape index (κ3) is 5.63. The van der Waals surface area contributed by atoms with Crippen LogP contribution in [0, 0.1) is 0 Å². The molecule has 1 fully saturated rings. The monoisotopic (exact) mass is 402 g/mol. The zero-order valence-electron chi connectivity index (χ0n) is 14.2. The third-order valence-corrected chi connectivity index (χ3v) is 4.83. The third-order valence-electron chi connectivity index (χ3n) is 4.39. The number of pyridine rings is 1. The first-order valence-corrected chi connectivity index (χ1v) is 9.37. The van der Waals surface area contributed by atoms with Crippen LogP contribution >= 0.6 is 15.9 Å². The summed E-state index contributed by atoms with van der Waals surface area (Å²) < 4.78 is 0.815. The maximum absolute atomic E-state index is 12.1. The Labute approximate surface area is 157 Å². The smallest absolute Gasteiger partial charge is 0.252 e. The zero-order valence-corrected chi connectivity index (χ0v) is 15.8. The second kappa shape index (κ2) is 9.08. The number of hydrogen-bond acceptors (Lipinski definition) is 4. The van der Waals surface area contributed by atoms with E-state index in [2.05, 4.69) is 66.4 Å². The molecule has 0 spiro atoms. The largest absolute Gasteiger partial charge is 0.351 e. The molecule has 1 aliphatic heterocycles. The molecule has 1 amide bonds. The van der Waals surface area contributed by atoms with E-state index in [0.29, 0.717) is 12.1 Å². The van der Waals surface area contributed by atoms with Crippen molar-refractivity contribution in [3.63, 3.8) is 0 Å². The molecular formula is C19H23BrN4O.